The average Bonchev–Trinajstić information content (AvgIpc) is 3.83. The van der Waals surface area contributed by atoms with Crippen LogP contribution in [0.2, 0.25) is 15.1 Å². The largest absolute Gasteiger partial charge is 0.334 e. The first-order chi connectivity index (χ1) is 19.1. The topological polar surface area (TPSA) is 102 Å². The number of Topliss-reactive ketones (excluding diaryl/α,β-unsaturated/α-hetero) is 1. The molecule has 1 N–H and O–H groups in total. The molecule has 3 aromatic carbocycles. The third-order valence-electron chi connectivity index (χ3n) is 7.21. The van der Waals surface area contributed by atoms with Gasteiger partial charge in [0, 0.05) is 45.1 Å². The number of nitrogens with zero attached hydrogens (tertiary/aromatic N) is 2. The number of hydrogen-bond donors (Lipinski definition) is 1. The highest BCUT2D eigenvalue weighted by Crippen LogP contribution is 2.56. The van der Waals surface area contributed by atoms with Gasteiger partial charge in [0.2, 0.25) is 10.0 Å². The lowest BCUT2D eigenvalue weighted by molar-refractivity contribution is -0.117. The second kappa shape index (κ2) is 10.6. The third-order valence-corrected chi connectivity index (χ3v) is 9.60. The van der Waals surface area contributed by atoms with Gasteiger partial charge in [-0.3, -0.25) is 4.79 Å². The molecular formula is C29H24Cl3N3O4S. The molecule has 1 heterocycles. The number of ketones is 1. The van der Waals surface area contributed by atoms with E-state index < -0.39 is 15.4 Å². The number of hydrogen-bond acceptors (Lipinski definition) is 6. The minimum Gasteiger partial charge on any atom is -0.334 e. The van der Waals surface area contributed by atoms with Crippen LogP contribution in [-0.2, 0) is 33.1 Å². The van der Waals surface area contributed by atoms with Crippen LogP contribution in [-0.4, -0.2) is 30.4 Å². The number of carbonyl (C=O) groups excluding carboxylic acids is 1. The number of carbonyl (C=O) groups is 1. The quantitative estimate of drug-likeness (QED) is 0.216. The van der Waals surface area contributed by atoms with E-state index in [4.69, 9.17) is 39.3 Å². The molecule has 0 atom stereocenters. The van der Waals surface area contributed by atoms with Crippen LogP contribution in [0.15, 0.2) is 70.1 Å². The SMILES string of the molecule is O=C(Cc1ccc(S(=O)(=O)NC2CC2)cc1)Cc1cc(Cl)c(C2(c3noc(-c4ccc(Cl)cc4)n3)CC2)c(Cl)c1. The lowest BCUT2D eigenvalue weighted by Crippen LogP contribution is -2.25. The number of aromatic nitrogens is 2. The van der Waals surface area contributed by atoms with Crippen molar-refractivity contribution in [2.45, 2.75) is 54.9 Å². The van der Waals surface area contributed by atoms with Crippen molar-refractivity contribution in [2.75, 3.05) is 0 Å². The van der Waals surface area contributed by atoms with Gasteiger partial charge >= 0.3 is 0 Å². The summed E-state index contributed by atoms with van der Waals surface area (Å²) in [5.41, 5.74) is 2.38. The van der Waals surface area contributed by atoms with Crippen molar-refractivity contribution in [2.24, 2.45) is 0 Å². The Kier molecular flexibility index (Phi) is 7.25. The minimum absolute atomic E-state index is 0.0325. The van der Waals surface area contributed by atoms with Gasteiger partial charge in [-0.05, 0) is 85.3 Å². The van der Waals surface area contributed by atoms with Crippen molar-refractivity contribution in [1.29, 1.82) is 0 Å². The van der Waals surface area contributed by atoms with Gasteiger partial charge in [-0.2, -0.15) is 4.98 Å². The summed E-state index contributed by atoms with van der Waals surface area (Å²) < 4.78 is 32.9. The monoisotopic (exact) mass is 615 g/mol. The van der Waals surface area contributed by atoms with E-state index in [0.29, 0.717) is 32.3 Å². The summed E-state index contributed by atoms with van der Waals surface area (Å²) >= 11 is 19.5. The Morgan fingerprint density at radius 1 is 0.925 bits per heavy atom. The van der Waals surface area contributed by atoms with Gasteiger partial charge in [0.25, 0.3) is 5.89 Å². The van der Waals surface area contributed by atoms with Gasteiger partial charge in [-0.25, -0.2) is 13.1 Å². The summed E-state index contributed by atoms with van der Waals surface area (Å²) in [6, 6.07) is 17.1. The molecule has 0 saturated heterocycles. The Morgan fingerprint density at radius 3 is 2.15 bits per heavy atom. The number of benzene rings is 3. The fraction of sp³-hybridized carbons (Fsp3) is 0.276. The van der Waals surface area contributed by atoms with Gasteiger partial charge < -0.3 is 4.52 Å². The molecule has 1 aromatic heterocycles. The summed E-state index contributed by atoms with van der Waals surface area (Å²) in [5.74, 6) is 0.860. The predicted molar refractivity (Wildman–Crippen MR) is 153 cm³/mol. The number of nitrogens with one attached hydrogen (secondary N) is 1. The molecule has 40 heavy (non-hydrogen) atoms. The zero-order valence-corrected chi connectivity index (χ0v) is 24.2. The van der Waals surface area contributed by atoms with Gasteiger partial charge in [0.1, 0.15) is 5.78 Å². The summed E-state index contributed by atoms with van der Waals surface area (Å²) in [4.78, 5) is 17.7. The molecule has 4 aromatic rings. The van der Waals surface area contributed by atoms with Crippen LogP contribution in [0.1, 0.15) is 48.2 Å². The van der Waals surface area contributed by atoms with Gasteiger partial charge in [-0.15, -0.1) is 0 Å². The number of rotatable bonds is 10. The van der Waals surface area contributed by atoms with Gasteiger partial charge in [-0.1, -0.05) is 52.1 Å². The maximum absolute atomic E-state index is 12.9. The molecule has 0 spiro atoms. The smallest absolute Gasteiger partial charge is 0.257 e. The molecule has 206 valence electrons. The van der Waals surface area contributed by atoms with Gasteiger partial charge in [0.05, 0.1) is 10.3 Å². The van der Waals surface area contributed by atoms with Crippen molar-refractivity contribution in [1.82, 2.24) is 14.9 Å². The molecule has 0 amide bonds. The lowest BCUT2D eigenvalue weighted by Gasteiger charge is -2.17. The predicted octanol–water partition coefficient (Wildman–Crippen LogP) is 6.57. The highest BCUT2D eigenvalue weighted by atomic mass is 35.5. The van der Waals surface area contributed by atoms with E-state index in [9.17, 15) is 13.2 Å². The average molecular weight is 617 g/mol. The zero-order chi connectivity index (χ0) is 28.1. The number of halogens is 3. The lowest BCUT2D eigenvalue weighted by atomic mass is 9.92. The molecule has 0 bridgehead atoms. The third kappa shape index (κ3) is 5.69. The van der Waals surface area contributed by atoms with E-state index in [1.807, 2.05) is 12.1 Å². The van der Waals surface area contributed by atoms with Crippen molar-refractivity contribution < 1.29 is 17.7 Å². The molecule has 0 radical (unpaired) electrons. The summed E-state index contributed by atoms with van der Waals surface area (Å²) in [6.07, 6.45) is 3.57. The Hall–Kier alpha value is -2.75. The first-order valence-corrected chi connectivity index (χ1v) is 15.5. The molecule has 2 fully saturated rings. The molecule has 11 heteroatoms. The molecule has 7 nitrogen and oxygen atoms in total. The van der Waals surface area contributed by atoms with Crippen LogP contribution in [0.4, 0.5) is 0 Å². The highest BCUT2D eigenvalue weighted by Gasteiger charge is 2.52. The Morgan fingerprint density at radius 2 is 1.55 bits per heavy atom. The van der Waals surface area contributed by atoms with Crippen LogP contribution < -0.4 is 4.72 Å². The Balaban J connectivity index is 1.15. The van der Waals surface area contributed by atoms with E-state index in [-0.39, 0.29) is 29.6 Å². The van der Waals surface area contributed by atoms with Crippen LogP contribution in [0.3, 0.4) is 0 Å². The summed E-state index contributed by atoms with van der Waals surface area (Å²) in [5, 5.41) is 5.74. The molecule has 2 aliphatic rings. The second-order valence-corrected chi connectivity index (χ2v) is 13.3. The van der Waals surface area contributed by atoms with Crippen molar-refractivity contribution in [3.8, 4) is 11.5 Å². The summed E-state index contributed by atoms with van der Waals surface area (Å²) in [6.45, 7) is 0. The van der Waals surface area contributed by atoms with Crippen LogP contribution in [0.5, 0.6) is 0 Å². The van der Waals surface area contributed by atoms with Crippen LogP contribution >= 0.6 is 34.8 Å². The first-order valence-electron chi connectivity index (χ1n) is 12.8. The molecule has 2 aliphatic carbocycles. The van der Waals surface area contributed by atoms with E-state index >= 15 is 0 Å². The van der Waals surface area contributed by atoms with E-state index in [0.717, 1.165) is 42.4 Å². The van der Waals surface area contributed by atoms with E-state index in [1.54, 1.807) is 36.4 Å². The molecule has 2 saturated carbocycles. The first kappa shape index (κ1) is 27.4. The number of sulfonamides is 1. The van der Waals surface area contributed by atoms with E-state index in [2.05, 4.69) is 14.9 Å². The van der Waals surface area contributed by atoms with Gasteiger partial charge in [0.15, 0.2) is 5.82 Å². The molecule has 0 aliphatic heterocycles. The zero-order valence-electron chi connectivity index (χ0n) is 21.2. The summed E-state index contributed by atoms with van der Waals surface area (Å²) in [7, 11) is -3.53. The Labute approximate surface area is 246 Å². The van der Waals surface area contributed by atoms with Crippen molar-refractivity contribution in [3.05, 3.63) is 98.2 Å². The van der Waals surface area contributed by atoms with Crippen LogP contribution in [0, 0.1) is 0 Å². The Bertz CT molecular complexity index is 1670. The molecule has 0 unspecified atom stereocenters. The standard InChI is InChI=1S/C29H24Cl3N3O4S/c30-20-5-3-19(4-6-20)27-33-28(34-39-27)29(11-12-29)26-24(31)15-18(16-25(26)32)14-22(36)13-17-1-9-23(10-2-17)40(37,38)35-21-7-8-21/h1-6,9-10,15-16,21,35H,7-8,11-14H2. The fourth-order valence-electron chi connectivity index (χ4n) is 4.82. The maximum atomic E-state index is 12.9. The second-order valence-electron chi connectivity index (χ2n) is 10.4. The normalized spacial score (nSPS) is 16.2. The minimum atomic E-state index is -3.53. The molecular weight excluding hydrogens is 593 g/mol. The highest BCUT2D eigenvalue weighted by molar-refractivity contribution is 7.89. The maximum Gasteiger partial charge on any atom is 0.257 e. The van der Waals surface area contributed by atoms with E-state index in [1.165, 1.54) is 12.1 Å². The van der Waals surface area contributed by atoms with Crippen LogP contribution in [0.25, 0.3) is 11.5 Å². The molecule has 6 rings (SSSR count). The van der Waals surface area contributed by atoms with Crippen molar-refractivity contribution >= 4 is 50.6 Å². The fourth-order valence-corrected chi connectivity index (χ4v) is 7.14. The van der Waals surface area contributed by atoms with Crippen molar-refractivity contribution in [3.63, 3.8) is 0 Å².